The second-order valence-corrected chi connectivity index (χ2v) is 8.34. The number of nitrogens with zero attached hydrogens (tertiary/aromatic N) is 3. The Labute approximate surface area is 177 Å². The van der Waals surface area contributed by atoms with Crippen LogP contribution in [0.25, 0.3) is 6.08 Å². The topological polar surface area (TPSA) is 54.7 Å². The van der Waals surface area contributed by atoms with Crippen LogP contribution in [0.2, 0.25) is 0 Å². The molecule has 1 aromatic carbocycles. The molecular formula is C25H29N3O2. The van der Waals surface area contributed by atoms with Crippen LogP contribution >= 0.6 is 0 Å². The van der Waals surface area contributed by atoms with E-state index < -0.39 is 0 Å². The van der Waals surface area contributed by atoms with Crippen molar-refractivity contribution < 1.29 is 9.59 Å². The molecule has 1 aliphatic carbocycles. The molecule has 5 nitrogen and oxygen atoms in total. The fourth-order valence-corrected chi connectivity index (χ4v) is 4.47. The van der Waals surface area contributed by atoms with Crippen LogP contribution in [0.3, 0.4) is 0 Å². The van der Waals surface area contributed by atoms with E-state index in [2.05, 4.69) is 0 Å². The molecule has 1 atom stereocenters. The third kappa shape index (κ3) is 4.30. The van der Waals surface area contributed by atoms with Crippen molar-refractivity contribution in [3.63, 3.8) is 0 Å². The summed E-state index contributed by atoms with van der Waals surface area (Å²) in [6.45, 7) is 3.56. The van der Waals surface area contributed by atoms with Crippen LogP contribution in [0, 0.1) is 6.92 Å². The van der Waals surface area contributed by atoms with Crippen LogP contribution in [0.4, 0.5) is 0 Å². The SMILES string of the molecule is CC(=O)N1C=Cc2ccccc2C1CC(=O)n1ccc(C)cc1=NC1CCCCC1. The van der Waals surface area contributed by atoms with Crippen molar-refractivity contribution in [3.05, 3.63) is 71.0 Å². The first kappa shape index (κ1) is 20.3. The van der Waals surface area contributed by atoms with E-state index in [0.717, 1.165) is 35.0 Å². The first-order chi connectivity index (χ1) is 14.5. The standard InChI is InChI=1S/C25H29N3O2/c1-18-12-14-28(24(16-18)26-21-9-4-3-5-10-21)25(30)17-23-22-11-7-6-8-20(22)13-15-27(23)19(2)29/h6-8,11-16,21,23H,3-5,9-10,17H2,1-2H3. The molecule has 0 N–H and O–H groups in total. The molecule has 4 rings (SSSR count). The summed E-state index contributed by atoms with van der Waals surface area (Å²) in [4.78, 5) is 32.3. The van der Waals surface area contributed by atoms with E-state index in [4.69, 9.17) is 4.99 Å². The number of fused-ring (bicyclic) bond motifs is 1. The fraction of sp³-hybridized carbons (Fsp3) is 0.400. The molecule has 1 unspecified atom stereocenters. The van der Waals surface area contributed by atoms with Crippen LogP contribution in [0.5, 0.6) is 0 Å². The monoisotopic (exact) mass is 403 g/mol. The molecule has 1 amide bonds. The second-order valence-electron chi connectivity index (χ2n) is 8.34. The van der Waals surface area contributed by atoms with Gasteiger partial charge in [0.15, 0.2) is 0 Å². The minimum Gasteiger partial charge on any atom is -0.311 e. The van der Waals surface area contributed by atoms with E-state index in [9.17, 15) is 9.59 Å². The molecule has 0 radical (unpaired) electrons. The number of carbonyl (C=O) groups excluding carboxylic acids is 2. The molecule has 156 valence electrons. The number of benzene rings is 1. The third-order valence-electron chi connectivity index (χ3n) is 6.09. The van der Waals surface area contributed by atoms with Crippen molar-refractivity contribution in [2.24, 2.45) is 4.99 Å². The first-order valence-corrected chi connectivity index (χ1v) is 10.9. The van der Waals surface area contributed by atoms with Gasteiger partial charge in [-0.2, -0.15) is 0 Å². The van der Waals surface area contributed by atoms with Crippen LogP contribution in [0.15, 0.2) is 53.8 Å². The van der Waals surface area contributed by atoms with Gasteiger partial charge in [-0.05, 0) is 54.7 Å². The summed E-state index contributed by atoms with van der Waals surface area (Å²) in [5, 5.41) is 0. The molecular weight excluding hydrogens is 374 g/mol. The zero-order valence-electron chi connectivity index (χ0n) is 17.8. The van der Waals surface area contributed by atoms with Gasteiger partial charge in [-0.1, -0.05) is 43.5 Å². The van der Waals surface area contributed by atoms with Gasteiger partial charge in [0.05, 0.1) is 18.5 Å². The molecule has 1 aromatic heterocycles. The predicted octanol–water partition coefficient (Wildman–Crippen LogP) is 4.63. The molecule has 1 aliphatic heterocycles. The molecule has 2 aliphatic rings. The molecule has 0 bridgehead atoms. The van der Waals surface area contributed by atoms with Crippen LogP contribution in [-0.2, 0) is 4.79 Å². The summed E-state index contributed by atoms with van der Waals surface area (Å²) in [6, 6.07) is 11.8. The Balaban J connectivity index is 1.67. The highest BCUT2D eigenvalue weighted by atomic mass is 16.2. The van der Waals surface area contributed by atoms with Crippen molar-refractivity contribution in [2.75, 3.05) is 0 Å². The van der Waals surface area contributed by atoms with Crippen LogP contribution in [-0.4, -0.2) is 27.3 Å². The lowest BCUT2D eigenvalue weighted by molar-refractivity contribution is -0.128. The minimum atomic E-state index is -0.312. The zero-order valence-corrected chi connectivity index (χ0v) is 17.8. The van der Waals surface area contributed by atoms with E-state index in [1.165, 1.54) is 19.3 Å². The number of hydrogen-bond donors (Lipinski definition) is 0. The summed E-state index contributed by atoms with van der Waals surface area (Å²) in [7, 11) is 0. The summed E-state index contributed by atoms with van der Waals surface area (Å²) >= 11 is 0. The summed E-state index contributed by atoms with van der Waals surface area (Å²) < 4.78 is 1.67. The lowest BCUT2D eigenvalue weighted by Gasteiger charge is -2.32. The Kier molecular flexibility index (Phi) is 5.98. The molecule has 30 heavy (non-hydrogen) atoms. The number of pyridine rings is 1. The largest absolute Gasteiger partial charge is 0.311 e. The quantitative estimate of drug-likeness (QED) is 0.750. The summed E-state index contributed by atoms with van der Waals surface area (Å²) in [6.07, 6.45) is 11.6. The van der Waals surface area contributed by atoms with Gasteiger partial charge in [-0.15, -0.1) is 0 Å². The Morgan fingerprint density at radius 1 is 1.10 bits per heavy atom. The second kappa shape index (κ2) is 8.82. The van der Waals surface area contributed by atoms with Gasteiger partial charge in [0, 0.05) is 19.3 Å². The highest BCUT2D eigenvalue weighted by molar-refractivity contribution is 5.83. The average Bonchev–Trinajstić information content (AvgIpc) is 2.74. The van der Waals surface area contributed by atoms with Gasteiger partial charge < -0.3 is 4.90 Å². The maximum absolute atomic E-state index is 13.4. The summed E-state index contributed by atoms with van der Waals surface area (Å²) in [5.74, 6) is -0.120. The van der Waals surface area contributed by atoms with Crippen molar-refractivity contribution in [3.8, 4) is 0 Å². The van der Waals surface area contributed by atoms with Crippen molar-refractivity contribution in [2.45, 2.75) is 64.5 Å². The van der Waals surface area contributed by atoms with Gasteiger partial charge in [0.1, 0.15) is 5.49 Å². The predicted molar refractivity (Wildman–Crippen MR) is 118 cm³/mol. The van der Waals surface area contributed by atoms with E-state index in [1.807, 2.05) is 55.6 Å². The number of carbonyl (C=O) groups is 2. The lowest BCUT2D eigenvalue weighted by Crippen LogP contribution is -2.36. The maximum Gasteiger partial charge on any atom is 0.234 e. The smallest absolute Gasteiger partial charge is 0.234 e. The van der Waals surface area contributed by atoms with Crippen LogP contribution in [0.1, 0.15) is 73.0 Å². The maximum atomic E-state index is 13.4. The zero-order chi connectivity index (χ0) is 21.1. The first-order valence-electron chi connectivity index (χ1n) is 10.9. The Hall–Kier alpha value is -2.95. The van der Waals surface area contributed by atoms with Gasteiger partial charge in [-0.25, -0.2) is 0 Å². The highest BCUT2D eigenvalue weighted by Gasteiger charge is 2.28. The number of amides is 1. The molecule has 1 fully saturated rings. The number of hydrogen-bond acceptors (Lipinski definition) is 3. The average molecular weight is 404 g/mol. The lowest BCUT2D eigenvalue weighted by atomic mass is 9.93. The minimum absolute atomic E-state index is 0.0501. The van der Waals surface area contributed by atoms with Crippen LogP contribution < -0.4 is 5.49 Å². The fourth-order valence-electron chi connectivity index (χ4n) is 4.47. The van der Waals surface area contributed by atoms with Crippen molar-refractivity contribution in [1.82, 2.24) is 9.47 Å². The Morgan fingerprint density at radius 3 is 2.63 bits per heavy atom. The highest BCUT2D eigenvalue weighted by Crippen LogP contribution is 2.33. The van der Waals surface area contributed by atoms with Crippen molar-refractivity contribution in [1.29, 1.82) is 0 Å². The van der Waals surface area contributed by atoms with Gasteiger partial charge in [0.2, 0.25) is 11.8 Å². The van der Waals surface area contributed by atoms with Gasteiger partial charge >= 0.3 is 0 Å². The number of aryl methyl sites for hydroxylation is 1. The molecule has 1 saturated carbocycles. The Bertz CT molecular complexity index is 1040. The molecule has 2 aromatic rings. The normalized spacial score (nSPS) is 19.6. The number of aromatic nitrogens is 1. The van der Waals surface area contributed by atoms with Gasteiger partial charge in [-0.3, -0.25) is 19.1 Å². The number of rotatable bonds is 3. The summed E-state index contributed by atoms with van der Waals surface area (Å²) in [5.41, 5.74) is 3.86. The third-order valence-corrected chi connectivity index (χ3v) is 6.09. The van der Waals surface area contributed by atoms with E-state index in [1.54, 1.807) is 22.6 Å². The van der Waals surface area contributed by atoms with Gasteiger partial charge in [0.25, 0.3) is 0 Å². The Morgan fingerprint density at radius 2 is 1.87 bits per heavy atom. The molecule has 0 spiro atoms. The molecule has 2 heterocycles. The molecule has 0 saturated heterocycles. The van der Waals surface area contributed by atoms with Crippen molar-refractivity contribution >= 4 is 17.9 Å². The van der Waals surface area contributed by atoms with E-state index >= 15 is 0 Å². The molecule has 5 heteroatoms. The van der Waals surface area contributed by atoms with E-state index in [0.29, 0.717) is 0 Å². The van der Waals surface area contributed by atoms with E-state index in [-0.39, 0.29) is 30.3 Å².